The van der Waals surface area contributed by atoms with Gasteiger partial charge in [-0.15, -0.1) is 0 Å². The van der Waals surface area contributed by atoms with Gasteiger partial charge in [0.25, 0.3) is 0 Å². The number of rotatable bonds is 5. The maximum Gasteiger partial charge on any atom is 0.222 e. The second-order valence-corrected chi connectivity index (χ2v) is 8.50. The molecule has 0 bridgehead atoms. The SMILES string of the molecule is COc1ccc2c(c1)c1c(n2Cc2ccccc2Cl)CCC(NC(=O)C(C)C)C1. The van der Waals surface area contributed by atoms with Gasteiger partial charge in [-0.3, -0.25) is 4.79 Å². The summed E-state index contributed by atoms with van der Waals surface area (Å²) in [6, 6.07) is 14.4. The molecule has 3 aromatic rings. The molecule has 0 fully saturated rings. The highest BCUT2D eigenvalue weighted by Crippen LogP contribution is 2.35. The van der Waals surface area contributed by atoms with Crippen LogP contribution in [0.2, 0.25) is 5.02 Å². The highest BCUT2D eigenvalue weighted by atomic mass is 35.5. The first-order valence-electron chi connectivity index (χ1n) is 10.2. The molecule has 5 heteroatoms. The van der Waals surface area contributed by atoms with Crippen LogP contribution in [0.15, 0.2) is 42.5 Å². The molecule has 152 valence electrons. The van der Waals surface area contributed by atoms with E-state index in [1.165, 1.54) is 22.2 Å². The van der Waals surface area contributed by atoms with Gasteiger partial charge in [0.2, 0.25) is 5.91 Å². The third kappa shape index (κ3) is 3.86. The molecule has 1 aliphatic carbocycles. The van der Waals surface area contributed by atoms with Gasteiger partial charge in [-0.05, 0) is 54.7 Å². The van der Waals surface area contributed by atoms with Gasteiger partial charge in [0.05, 0.1) is 7.11 Å². The number of nitrogens with one attached hydrogen (secondary N) is 1. The smallest absolute Gasteiger partial charge is 0.222 e. The van der Waals surface area contributed by atoms with Crippen molar-refractivity contribution in [2.75, 3.05) is 7.11 Å². The van der Waals surface area contributed by atoms with Crippen LogP contribution in [0.5, 0.6) is 5.75 Å². The number of amides is 1. The zero-order chi connectivity index (χ0) is 20.5. The van der Waals surface area contributed by atoms with Crippen LogP contribution in [0.4, 0.5) is 0 Å². The van der Waals surface area contributed by atoms with Crippen molar-refractivity contribution in [2.45, 2.75) is 45.7 Å². The highest BCUT2D eigenvalue weighted by Gasteiger charge is 2.27. The van der Waals surface area contributed by atoms with E-state index in [0.29, 0.717) is 0 Å². The second kappa shape index (κ2) is 8.11. The van der Waals surface area contributed by atoms with Crippen molar-refractivity contribution in [1.29, 1.82) is 0 Å². The molecule has 0 radical (unpaired) electrons. The van der Waals surface area contributed by atoms with Crippen LogP contribution in [0.3, 0.4) is 0 Å². The lowest BCUT2D eigenvalue weighted by atomic mass is 9.91. The summed E-state index contributed by atoms with van der Waals surface area (Å²) in [7, 11) is 1.69. The number of methoxy groups -OCH3 is 1. The fraction of sp³-hybridized carbons (Fsp3) is 0.375. The molecule has 4 rings (SSSR count). The van der Waals surface area contributed by atoms with E-state index in [4.69, 9.17) is 16.3 Å². The minimum Gasteiger partial charge on any atom is -0.497 e. The van der Waals surface area contributed by atoms with Gasteiger partial charge in [0.1, 0.15) is 5.75 Å². The van der Waals surface area contributed by atoms with Gasteiger partial charge in [0, 0.05) is 40.1 Å². The fourth-order valence-electron chi connectivity index (χ4n) is 4.22. The van der Waals surface area contributed by atoms with Gasteiger partial charge in [-0.2, -0.15) is 0 Å². The Balaban J connectivity index is 1.76. The molecule has 1 heterocycles. The third-order valence-corrected chi connectivity index (χ3v) is 6.20. The van der Waals surface area contributed by atoms with Crippen LogP contribution >= 0.6 is 11.6 Å². The Morgan fingerprint density at radius 3 is 2.79 bits per heavy atom. The van der Waals surface area contributed by atoms with Gasteiger partial charge in [-0.1, -0.05) is 43.6 Å². The molecular weight excluding hydrogens is 384 g/mol. The Morgan fingerprint density at radius 2 is 2.07 bits per heavy atom. The minimum absolute atomic E-state index is 0.00180. The first-order valence-corrected chi connectivity index (χ1v) is 10.6. The monoisotopic (exact) mass is 410 g/mol. The Labute approximate surface area is 176 Å². The second-order valence-electron chi connectivity index (χ2n) is 8.09. The van der Waals surface area contributed by atoms with Crippen LogP contribution in [-0.4, -0.2) is 23.6 Å². The van der Waals surface area contributed by atoms with E-state index in [1.807, 2.05) is 38.1 Å². The topological polar surface area (TPSA) is 43.3 Å². The zero-order valence-corrected chi connectivity index (χ0v) is 17.9. The summed E-state index contributed by atoms with van der Waals surface area (Å²) in [5, 5.41) is 5.21. The van der Waals surface area contributed by atoms with Crippen LogP contribution in [0.25, 0.3) is 10.9 Å². The molecule has 4 nitrogen and oxygen atoms in total. The average Bonchev–Trinajstić information content (AvgIpc) is 3.02. The van der Waals surface area contributed by atoms with Crippen LogP contribution in [0.1, 0.15) is 37.1 Å². The van der Waals surface area contributed by atoms with E-state index in [-0.39, 0.29) is 17.9 Å². The van der Waals surface area contributed by atoms with E-state index >= 15 is 0 Å². The Morgan fingerprint density at radius 1 is 1.28 bits per heavy atom. The predicted molar refractivity (Wildman–Crippen MR) is 118 cm³/mol. The van der Waals surface area contributed by atoms with Crippen LogP contribution < -0.4 is 10.1 Å². The average molecular weight is 411 g/mol. The van der Waals surface area contributed by atoms with Crippen LogP contribution in [0, 0.1) is 5.92 Å². The largest absolute Gasteiger partial charge is 0.497 e. The number of carbonyl (C=O) groups excluding carboxylic acids is 1. The molecule has 1 aliphatic rings. The molecule has 1 aromatic heterocycles. The van der Waals surface area contributed by atoms with Crippen molar-refractivity contribution in [3.05, 3.63) is 64.3 Å². The van der Waals surface area contributed by atoms with E-state index < -0.39 is 0 Å². The summed E-state index contributed by atoms with van der Waals surface area (Å²) in [4.78, 5) is 12.2. The molecule has 1 atom stereocenters. The van der Waals surface area contributed by atoms with Gasteiger partial charge in [0.15, 0.2) is 0 Å². The quantitative estimate of drug-likeness (QED) is 0.644. The first kappa shape index (κ1) is 19.8. The van der Waals surface area contributed by atoms with E-state index in [1.54, 1.807) is 7.11 Å². The third-order valence-electron chi connectivity index (χ3n) is 5.83. The number of nitrogens with zero attached hydrogens (tertiary/aromatic N) is 1. The van der Waals surface area contributed by atoms with Crippen LogP contribution in [-0.2, 0) is 24.2 Å². The molecular formula is C24H27ClN2O2. The summed E-state index contributed by atoms with van der Waals surface area (Å²) >= 11 is 6.45. The number of benzene rings is 2. The summed E-state index contributed by atoms with van der Waals surface area (Å²) in [5.41, 5.74) is 4.95. The number of hydrogen-bond acceptors (Lipinski definition) is 2. The fourth-order valence-corrected chi connectivity index (χ4v) is 4.42. The molecule has 2 aromatic carbocycles. The number of halogens is 1. The Bertz CT molecular complexity index is 1050. The van der Waals surface area contributed by atoms with Crippen molar-refractivity contribution in [2.24, 2.45) is 5.92 Å². The highest BCUT2D eigenvalue weighted by molar-refractivity contribution is 6.31. The van der Waals surface area contributed by atoms with Crippen molar-refractivity contribution >= 4 is 28.4 Å². The van der Waals surface area contributed by atoms with Crippen molar-refractivity contribution in [3.8, 4) is 5.75 Å². The van der Waals surface area contributed by atoms with E-state index in [9.17, 15) is 4.79 Å². The Kier molecular flexibility index (Phi) is 5.55. The first-order chi connectivity index (χ1) is 14.0. The van der Waals surface area contributed by atoms with Gasteiger partial charge < -0.3 is 14.6 Å². The predicted octanol–water partition coefficient (Wildman–Crippen LogP) is 4.98. The Hall–Kier alpha value is -2.46. The normalized spacial score (nSPS) is 16.1. The number of hydrogen-bond donors (Lipinski definition) is 1. The number of carbonyl (C=O) groups is 1. The molecule has 1 unspecified atom stereocenters. The maximum atomic E-state index is 12.2. The lowest BCUT2D eigenvalue weighted by Gasteiger charge is -2.26. The molecule has 0 saturated heterocycles. The van der Waals surface area contributed by atoms with Crippen molar-refractivity contribution < 1.29 is 9.53 Å². The van der Waals surface area contributed by atoms with Crippen molar-refractivity contribution in [1.82, 2.24) is 9.88 Å². The standard InChI is InChI=1S/C24H27ClN2O2/c1-15(2)24(28)26-17-8-10-22-19(12-17)20-13-18(29-3)9-11-23(20)27(22)14-16-6-4-5-7-21(16)25/h4-7,9,11,13,15,17H,8,10,12,14H2,1-3H3,(H,26,28). The number of aromatic nitrogens is 1. The molecule has 0 saturated carbocycles. The lowest BCUT2D eigenvalue weighted by Crippen LogP contribution is -2.41. The van der Waals surface area contributed by atoms with Gasteiger partial charge in [-0.25, -0.2) is 0 Å². The summed E-state index contributed by atoms with van der Waals surface area (Å²) in [6.07, 6.45) is 2.72. The summed E-state index contributed by atoms with van der Waals surface area (Å²) in [6.45, 7) is 4.61. The molecule has 0 aliphatic heterocycles. The summed E-state index contributed by atoms with van der Waals surface area (Å²) < 4.78 is 7.86. The van der Waals surface area contributed by atoms with Crippen molar-refractivity contribution in [3.63, 3.8) is 0 Å². The molecule has 29 heavy (non-hydrogen) atoms. The van der Waals surface area contributed by atoms with E-state index in [0.717, 1.165) is 42.1 Å². The molecule has 1 amide bonds. The number of fused-ring (bicyclic) bond motifs is 3. The summed E-state index contributed by atoms with van der Waals surface area (Å²) in [5.74, 6) is 0.970. The maximum absolute atomic E-state index is 12.2. The minimum atomic E-state index is -0.00180. The van der Waals surface area contributed by atoms with E-state index in [2.05, 4.69) is 28.1 Å². The molecule has 1 N–H and O–H groups in total. The molecule has 0 spiro atoms. The zero-order valence-electron chi connectivity index (χ0n) is 17.2. The van der Waals surface area contributed by atoms with Gasteiger partial charge >= 0.3 is 0 Å². The lowest BCUT2D eigenvalue weighted by molar-refractivity contribution is -0.124. The number of ether oxygens (including phenoxy) is 1.